The molecule has 4 aromatic rings. The number of hydrogen-bond acceptors (Lipinski definition) is 5. The maximum Gasteiger partial charge on any atom is 0.270 e. The van der Waals surface area contributed by atoms with E-state index in [0.29, 0.717) is 13.0 Å². The summed E-state index contributed by atoms with van der Waals surface area (Å²) >= 11 is 1.48. The second-order valence-electron chi connectivity index (χ2n) is 7.53. The number of rotatable bonds is 7. The number of nitrogens with zero attached hydrogens (tertiary/aromatic N) is 2. The van der Waals surface area contributed by atoms with E-state index < -0.39 is 11.9 Å². The van der Waals surface area contributed by atoms with Crippen LogP contribution in [0.3, 0.4) is 0 Å². The third-order valence-electron chi connectivity index (χ3n) is 4.95. The van der Waals surface area contributed by atoms with Gasteiger partial charge in [-0.15, -0.1) is 0 Å². The van der Waals surface area contributed by atoms with Gasteiger partial charge in [-0.25, -0.2) is 18.7 Å². The Labute approximate surface area is 182 Å². The van der Waals surface area contributed by atoms with E-state index in [0.717, 1.165) is 38.8 Å². The fourth-order valence-electron chi connectivity index (χ4n) is 3.28. The fraction of sp³-hybridized carbons (Fsp3) is 0.217. The topological polar surface area (TPSA) is 63.8 Å². The van der Waals surface area contributed by atoms with Crippen LogP contribution >= 0.6 is 11.3 Å². The van der Waals surface area contributed by atoms with Crippen molar-refractivity contribution in [2.45, 2.75) is 25.3 Å². The van der Waals surface area contributed by atoms with Crippen molar-refractivity contribution in [3.05, 3.63) is 78.0 Å². The van der Waals surface area contributed by atoms with Gasteiger partial charge >= 0.3 is 0 Å². The predicted molar refractivity (Wildman–Crippen MR) is 119 cm³/mol. The summed E-state index contributed by atoms with van der Waals surface area (Å²) in [5, 5.41) is 5.61. The van der Waals surface area contributed by atoms with E-state index in [1.807, 2.05) is 18.2 Å². The average molecular weight is 443 g/mol. The van der Waals surface area contributed by atoms with Crippen molar-refractivity contribution in [3.8, 4) is 10.4 Å². The van der Waals surface area contributed by atoms with Gasteiger partial charge in [-0.1, -0.05) is 47.7 Å². The molecule has 1 atom stereocenters. The molecule has 0 bridgehead atoms. The summed E-state index contributed by atoms with van der Waals surface area (Å²) in [6.07, 6.45) is 3.84. The van der Waals surface area contributed by atoms with E-state index in [9.17, 15) is 13.2 Å². The Kier molecular flexibility index (Phi) is 5.93. The first kappa shape index (κ1) is 21.3. The van der Waals surface area contributed by atoms with Crippen molar-refractivity contribution in [1.29, 1.82) is 0 Å². The lowest BCUT2D eigenvalue weighted by molar-refractivity contribution is 0.0174. The lowest BCUT2D eigenvalue weighted by atomic mass is 10.0. The van der Waals surface area contributed by atoms with Gasteiger partial charge in [-0.3, -0.25) is 0 Å². The highest BCUT2D eigenvalue weighted by molar-refractivity contribution is 7.18. The Morgan fingerprint density at radius 3 is 2.55 bits per heavy atom. The number of aromatic nitrogens is 2. The van der Waals surface area contributed by atoms with Crippen LogP contribution in [0.4, 0.5) is 18.3 Å². The fourth-order valence-corrected chi connectivity index (χ4v) is 4.10. The number of pyridine rings is 1. The maximum absolute atomic E-state index is 13.4. The van der Waals surface area contributed by atoms with Gasteiger partial charge in [0.2, 0.25) is 5.95 Å². The highest BCUT2D eigenvalue weighted by Crippen LogP contribution is 2.31. The molecular formula is C23H21F3N4S. The SMILES string of the molecule is CC(F)(F)c1ccc(C[C@@H](N)CNc2ncc(-c3ccc4cnc(F)cc4c3)s2)cc1. The van der Waals surface area contributed by atoms with Crippen molar-refractivity contribution in [3.63, 3.8) is 0 Å². The highest BCUT2D eigenvalue weighted by atomic mass is 32.1. The molecule has 160 valence electrons. The van der Waals surface area contributed by atoms with Crippen molar-refractivity contribution in [2.75, 3.05) is 11.9 Å². The predicted octanol–water partition coefficient (Wildman–Crippen LogP) is 5.59. The quantitative estimate of drug-likeness (QED) is 0.366. The molecule has 8 heteroatoms. The molecule has 0 amide bonds. The van der Waals surface area contributed by atoms with E-state index in [4.69, 9.17) is 5.73 Å². The summed E-state index contributed by atoms with van der Waals surface area (Å²) in [6.45, 7) is 1.38. The Balaban J connectivity index is 1.37. The highest BCUT2D eigenvalue weighted by Gasteiger charge is 2.23. The zero-order valence-electron chi connectivity index (χ0n) is 16.8. The van der Waals surface area contributed by atoms with Crippen molar-refractivity contribution in [2.24, 2.45) is 5.73 Å². The van der Waals surface area contributed by atoms with Gasteiger partial charge < -0.3 is 11.1 Å². The number of benzene rings is 2. The van der Waals surface area contributed by atoms with Gasteiger partial charge in [0.05, 0.1) is 4.88 Å². The molecule has 0 saturated heterocycles. The minimum Gasteiger partial charge on any atom is -0.360 e. The number of nitrogens with two attached hydrogens (primary N) is 1. The lowest BCUT2D eigenvalue weighted by Crippen LogP contribution is -2.31. The number of alkyl halides is 2. The van der Waals surface area contributed by atoms with Crippen LogP contribution in [0.15, 0.2) is 60.9 Å². The number of fused-ring (bicyclic) bond motifs is 1. The van der Waals surface area contributed by atoms with Crippen LogP contribution in [-0.2, 0) is 12.3 Å². The molecular weight excluding hydrogens is 421 g/mol. The number of halogens is 3. The zero-order valence-corrected chi connectivity index (χ0v) is 17.6. The minimum atomic E-state index is -2.85. The third kappa shape index (κ3) is 5.21. The first-order valence-corrected chi connectivity index (χ1v) is 10.6. The first-order valence-electron chi connectivity index (χ1n) is 9.76. The van der Waals surface area contributed by atoms with Gasteiger partial charge in [-0.2, -0.15) is 4.39 Å². The third-order valence-corrected chi connectivity index (χ3v) is 5.96. The summed E-state index contributed by atoms with van der Waals surface area (Å²) in [4.78, 5) is 9.01. The summed E-state index contributed by atoms with van der Waals surface area (Å²) in [5.74, 6) is -3.36. The molecule has 0 saturated carbocycles. The maximum atomic E-state index is 13.4. The molecule has 4 nitrogen and oxygen atoms in total. The van der Waals surface area contributed by atoms with Crippen LogP contribution in [0.5, 0.6) is 0 Å². The van der Waals surface area contributed by atoms with E-state index in [2.05, 4.69) is 15.3 Å². The second-order valence-corrected chi connectivity index (χ2v) is 8.56. The van der Waals surface area contributed by atoms with Gasteiger partial charge in [0, 0.05) is 48.9 Å². The first-order chi connectivity index (χ1) is 14.8. The summed E-state index contributed by atoms with van der Waals surface area (Å²) < 4.78 is 40.0. The molecule has 2 heterocycles. The van der Waals surface area contributed by atoms with Crippen LogP contribution in [0.1, 0.15) is 18.1 Å². The number of anilines is 1. The van der Waals surface area contributed by atoms with Crippen LogP contribution < -0.4 is 11.1 Å². The zero-order chi connectivity index (χ0) is 22.0. The molecule has 0 spiro atoms. The molecule has 3 N–H and O–H groups in total. The molecule has 0 aliphatic carbocycles. The smallest absolute Gasteiger partial charge is 0.270 e. The van der Waals surface area contributed by atoms with Crippen LogP contribution in [0.25, 0.3) is 21.2 Å². The van der Waals surface area contributed by atoms with E-state index >= 15 is 0 Å². The summed E-state index contributed by atoms with van der Waals surface area (Å²) in [5.41, 5.74) is 8.04. The Bertz CT molecular complexity index is 1190. The Morgan fingerprint density at radius 2 is 1.81 bits per heavy atom. The summed E-state index contributed by atoms with van der Waals surface area (Å²) in [6, 6.07) is 13.2. The van der Waals surface area contributed by atoms with Crippen molar-refractivity contribution >= 4 is 27.2 Å². The Morgan fingerprint density at radius 1 is 1.03 bits per heavy atom. The molecule has 2 aromatic carbocycles. The largest absolute Gasteiger partial charge is 0.360 e. The van der Waals surface area contributed by atoms with Crippen molar-refractivity contribution in [1.82, 2.24) is 9.97 Å². The number of thiazole rings is 1. The van der Waals surface area contributed by atoms with Crippen molar-refractivity contribution < 1.29 is 13.2 Å². The Hall–Kier alpha value is -2.97. The van der Waals surface area contributed by atoms with Gasteiger partial charge in [-0.05, 0) is 29.0 Å². The minimum absolute atomic E-state index is 0.00838. The molecule has 2 aromatic heterocycles. The molecule has 0 aliphatic rings. The van der Waals surface area contributed by atoms with Crippen LogP contribution in [0.2, 0.25) is 0 Å². The molecule has 31 heavy (non-hydrogen) atoms. The monoisotopic (exact) mass is 442 g/mol. The van der Waals surface area contributed by atoms with E-state index in [1.54, 1.807) is 18.3 Å². The summed E-state index contributed by atoms with van der Waals surface area (Å²) in [7, 11) is 0. The molecule has 0 aliphatic heterocycles. The molecule has 0 radical (unpaired) electrons. The number of hydrogen-bond donors (Lipinski definition) is 2. The molecule has 0 unspecified atom stereocenters. The molecule has 4 rings (SSSR count). The standard InChI is InChI=1S/C23H21F3N4S/c1-23(25,26)18-6-2-14(3-7-18)8-19(27)12-29-22-30-13-20(31-22)15-4-5-16-11-28-21(24)10-17(16)9-15/h2-7,9-11,13,19H,8,12,27H2,1H3,(H,29,30)/t19-/m1/s1. The van der Waals surface area contributed by atoms with Crippen LogP contribution in [-0.4, -0.2) is 22.6 Å². The van der Waals surface area contributed by atoms with Gasteiger partial charge in [0.1, 0.15) is 0 Å². The average Bonchev–Trinajstić information content (AvgIpc) is 3.20. The molecule has 0 fully saturated rings. The van der Waals surface area contributed by atoms with Crippen LogP contribution in [0, 0.1) is 5.95 Å². The lowest BCUT2D eigenvalue weighted by Gasteiger charge is -2.14. The van der Waals surface area contributed by atoms with Gasteiger partial charge in [0.15, 0.2) is 5.13 Å². The van der Waals surface area contributed by atoms with Gasteiger partial charge in [0.25, 0.3) is 5.92 Å². The second kappa shape index (κ2) is 8.64. The van der Waals surface area contributed by atoms with E-state index in [-0.39, 0.29) is 11.6 Å². The normalized spacial score (nSPS) is 12.8. The van der Waals surface area contributed by atoms with E-state index in [1.165, 1.54) is 35.7 Å². The number of nitrogens with one attached hydrogen (secondary N) is 1.